The van der Waals surface area contributed by atoms with E-state index in [1.54, 1.807) is 37.3 Å². The molecular weight excluding hydrogens is 296 g/mol. The number of nitrogens with zero attached hydrogens (tertiary/aromatic N) is 2. The van der Waals surface area contributed by atoms with Gasteiger partial charge in [0.15, 0.2) is 11.5 Å². The zero-order valence-electron chi connectivity index (χ0n) is 13.6. The highest BCUT2D eigenvalue weighted by molar-refractivity contribution is 5.94. The molecule has 0 bridgehead atoms. The van der Waals surface area contributed by atoms with Gasteiger partial charge in [-0.3, -0.25) is 9.89 Å². The molecule has 23 heavy (non-hydrogen) atoms. The van der Waals surface area contributed by atoms with E-state index in [2.05, 4.69) is 10.2 Å². The van der Waals surface area contributed by atoms with E-state index in [1.165, 1.54) is 0 Å². The standard InChI is InChI=1S/C16H22N4O3/c1-11-8-13(19-18-11)10-20(2)16(21)12-4-5-14(22-3)15(9-12)23-7-6-17/h4-5,8-9H,6-7,10,17H2,1-3H3,(H,18,19). The van der Waals surface area contributed by atoms with Crippen molar-refractivity contribution in [3.05, 3.63) is 41.2 Å². The van der Waals surface area contributed by atoms with E-state index >= 15 is 0 Å². The number of carbonyl (C=O) groups excluding carboxylic acids is 1. The van der Waals surface area contributed by atoms with Gasteiger partial charge in [-0.1, -0.05) is 0 Å². The Morgan fingerprint density at radius 3 is 2.74 bits per heavy atom. The van der Waals surface area contributed by atoms with Gasteiger partial charge in [-0.2, -0.15) is 5.10 Å². The van der Waals surface area contributed by atoms with Crippen molar-refractivity contribution in [3.8, 4) is 11.5 Å². The summed E-state index contributed by atoms with van der Waals surface area (Å²) >= 11 is 0. The summed E-state index contributed by atoms with van der Waals surface area (Å²) in [6.07, 6.45) is 0. The van der Waals surface area contributed by atoms with E-state index < -0.39 is 0 Å². The number of rotatable bonds is 7. The van der Waals surface area contributed by atoms with Crippen molar-refractivity contribution in [2.45, 2.75) is 13.5 Å². The van der Waals surface area contributed by atoms with E-state index in [9.17, 15) is 4.79 Å². The number of aryl methyl sites for hydroxylation is 1. The van der Waals surface area contributed by atoms with Gasteiger partial charge >= 0.3 is 0 Å². The normalized spacial score (nSPS) is 10.4. The van der Waals surface area contributed by atoms with E-state index in [4.69, 9.17) is 15.2 Å². The lowest BCUT2D eigenvalue weighted by atomic mass is 10.1. The lowest BCUT2D eigenvalue weighted by Gasteiger charge is -2.17. The number of aromatic nitrogens is 2. The Morgan fingerprint density at radius 1 is 1.35 bits per heavy atom. The number of hydrogen-bond acceptors (Lipinski definition) is 5. The highest BCUT2D eigenvalue weighted by Gasteiger charge is 2.16. The molecule has 0 atom stereocenters. The fraction of sp³-hybridized carbons (Fsp3) is 0.375. The molecule has 3 N–H and O–H groups in total. The molecule has 124 valence electrons. The zero-order chi connectivity index (χ0) is 16.8. The van der Waals surface area contributed by atoms with E-state index in [1.807, 2.05) is 13.0 Å². The van der Waals surface area contributed by atoms with Crippen molar-refractivity contribution in [2.24, 2.45) is 5.73 Å². The van der Waals surface area contributed by atoms with Crippen molar-refractivity contribution in [3.63, 3.8) is 0 Å². The number of nitrogens with one attached hydrogen (secondary N) is 1. The van der Waals surface area contributed by atoms with Crippen LogP contribution in [-0.2, 0) is 6.54 Å². The Bertz CT molecular complexity index is 669. The summed E-state index contributed by atoms with van der Waals surface area (Å²) in [6.45, 7) is 3.09. The fourth-order valence-corrected chi connectivity index (χ4v) is 2.18. The first-order valence-corrected chi connectivity index (χ1v) is 7.32. The van der Waals surface area contributed by atoms with Crippen molar-refractivity contribution in [1.29, 1.82) is 0 Å². The smallest absolute Gasteiger partial charge is 0.254 e. The van der Waals surface area contributed by atoms with Gasteiger partial charge in [0.05, 0.1) is 19.3 Å². The molecule has 0 aliphatic rings. The molecule has 0 saturated heterocycles. The topological polar surface area (TPSA) is 93.5 Å². The number of hydrogen-bond donors (Lipinski definition) is 2. The molecule has 7 nitrogen and oxygen atoms in total. The molecule has 2 rings (SSSR count). The summed E-state index contributed by atoms with van der Waals surface area (Å²) in [5, 5.41) is 7.00. The van der Waals surface area contributed by atoms with Crippen LogP contribution in [0.5, 0.6) is 11.5 Å². The number of methoxy groups -OCH3 is 1. The average molecular weight is 318 g/mol. The molecule has 0 spiro atoms. The minimum Gasteiger partial charge on any atom is -0.493 e. The molecule has 0 unspecified atom stereocenters. The summed E-state index contributed by atoms with van der Waals surface area (Å²) in [6, 6.07) is 7.01. The Morgan fingerprint density at radius 2 is 2.13 bits per heavy atom. The number of carbonyl (C=O) groups is 1. The van der Waals surface area contributed by atoms with Crippen LogP contribution in [0.2, 0.25) is 0 Å². The molecule has 1 aromatic heterocycles. The molecule has 7 heteroatoms. The third kappa shape index (κ3) is 4.23. The van der Waals surface area contributed by atoms with Crippen molar-refractivity contribution >= 4 is 5.91 Å². The molecule has 1 heterocycles. The predicted molar refractivity (Wildman–Crippen MR) is 86.7 cm³/mol. The molecule has 0 fully saturated rings. The first kappa shape index (κ1) is 16.8. The Balaban J connectivity index is 2.14. The fourth-order valence-electron chi connectivity index (χ4n) is 2.18. The van der Waals surface area contributed by atoms with Crippen LogP contribution >= 0.6 is 0 Å². The highest BCUT2D eigenvalue weighted by atomic mass is 16.5. The summed E-state index contributed by atoms with van der Waals surface area (Å²) in [7, 11) is 3.29. The maximum atomic E-state index is 12.5. The number of ether oxygens (including phenoxy) is 2. The van der Waals surface area contributed by atoms with Gasteiger partial charge in [-0.25, -0.2) is 0 Å². The van der Waals surface area contributed by atoms with Crippen molar-refractivity contribution < 1.29 is 14.3 Å². The van der Waals surface area contributed by atoms with Gasteiger partial charge in [0.2, 0.25) is 0 Å². The summed E-state index contributed by atoms with van der Waals surface area (Å²) in [4.78, 5) is 14.1. The SMILES string of the molecule is COc1ccc(C(=O)N(C)Cc2cc(C)[nH]n2)cc1OCCN. The van der Waals surface area contributed by atoms with Gasteiger partial charge < -0.3 is 20.1 Å². The second-order valence-corrected chi connectivity index (χ2v) is 5.21. The van der Waals surface area contributed by atoms with E-state index in [-0.39, 0.29) is 5.91 Å². The van der Waals surface area contributed by atoms with Gasteiger partial charge in [0.25, 0.3) is 5.91 Å². The van der Waals surface area contributed by atoms with Crippen LogP contribution in [0.4, 0.5) is 0 Å². The lowest BCUT2D eigenvalue weighted by Crippen LogP contribution is -2.26. The van der Waals surface area contributed by atoms with Crippen molar-refractivity contribution in [1.82, 2.24) is 15.1 Å². The second-order valence-electron chi connectivity index (χ2n) is 5.21. The monoisotopic (exact) mass is 318 g/mol. The molecule has 0 saturated carbocycles. The molecule has 2 aromatic rings. The maximum absolute atomic E-state index is 12.5. The molecule has 0 radical (unpaired) electrons. The maximum Gasteiger partial charge on any atom is 0.254 e. The first-order valence-electron chi connectivity index (χ1n) is 7.32. The van der Waals surface area contributed by atoms with Gasteiger partial charge in [-0.15, -0.1) is 0 Å². The molecule has 1 aromatic carbocycles. The van der Waals surface area contributed by atoms with Crippen LogP contribution < -0.4 is 15.2 Å². The minimum absolute atomic E-state index is 0.120. The van der Waals surface area contributed by atoms with Crippen LogP contribution in [0.1, 0.15) is 21.7 Å². The largest absolute Gasteiger partial charge is 0.493 e. The predicted octanol–water partition coefficient (Wildman–Crippen LogP) is 1.34. The average Bonchev–Trinajstić information content (AvgIpc) is 2.96. The van der Waals surface area contributed by atoms with Crippen LogP contribution in [-0.4, -0.2) is 48.3 Å². The van der Waals surface area contributed by atoms with Gasteiger partial charge in [0.1, 0.15) is 6.61 Å². The highest BCUT2D eigenvalue weighted by Crippen LogP contribution is 2.28. The van der Waals surface area contributed by atoms with Crippen LogP contribution in [0.15, 0.2) is 24.3 Å². The Labute approximate surface area is 135 Å². The van der Waals surface area contributed by atoms with Gasteiger partial charge in [-0.05, 0) is 31.2 Å². The quantitative estimate of drug-likeness (QED) is 0.803. The first-order chi connectivity index (χ1) is 11.0. The summed E-state index contributed by atoms with van der Waals surface area (Å²) in [5.41, 5.74) is 7.74. The minimum atomic E-state index is -0.120. The molecule has 0 aliphatic carbocycles. The molecule has 1 amide bonds. The Kier molecular flexibility index (Phi) is 5.59. The van der Waals surface area contributed by atoms with Crippen molar-refractivity contribution in [2.75, 3.05) is 27.3 Å². The number of benzene rings is 1. The summed E-state index contributed by atoms with van der Waals surface area (Å²) < 4.78 is 10.8. The van der Waals surface area contributed by atoms with Crippen LogP contribution in [0.25, 0.3) is 0 Å². The zero-order valence-corrected chi connectivity index (χ0v) is 13.6. The van der Waals surface area contributed by atoms with Crippen LogP contribution in [0, 0.1) is 6.92 Å². The van der Waals surface area contributed by atoms with Gasteiger partial charge in [0, 0.05) is 24.8 Å². The Hall–Kier alpha value is -2.54. The lowest BCUT2D eigenvalue weighted by molar-refractivity contribution is 0.0783. The summed E-state index contributed by atoms with van der Waals surface area (Å²) in [5.74, 6) is 0.958. The van der Waals surface area contributed by atoms with E-state index in [0.29, 0.717) is 36.8 Å². The molecular formula is C16H22N4O3. The number of H-pyrrole nitrogens is 1. The third-order valence-corrected chi connectivity index (χ3v) is 3.29. The third-order valence-electron chi connectivity index (χ3n) is 3.29. The number of amides is 1. The van der Waals surface area contributed by atoms with Crippen LogP contribution in [0.3, 0.4) is 0 Å². The van der Waals surface area contributed by atoms with E-state index in [0.717, 1.165) is 11.4 Å². The second kappa shape index (κ2) is 7.64. The molecule has 0 aliphatic heterocycles. The number of nitrogens with two attached hydrogens (primary N) is 1. The number of aromatic amines is 1.